The van der Waals surface area contributed by atoms with Crippen molar-refractivity contribution >= 4 is 11.0 Å². The molecule has 0 bridgehead atoms. The van der Waals surface area contributed by atoms with Gasteiger partial charge in [0.05, 0.1) is 35.2 Å². The van der Waals surface area contributed by atoms with Gasteiger partial charge >= 0.3 is 0 Å². The van der Waals surface area contributed by atoms with Gasteiger partial charge in [-0.05, 0) is 55.2 Å². The molecule has 6 heteroatoms. The molecular weight excluding hydrogens is 340 g/mol. The average molecular weight is 364 g/mol. The minimum absolute atomic E-state index is 0.274. The molecule has 5 rings (SSSR count). The van der Waals surface area contributed by atoms with Gasteiger partial charge in [0.25, 0.3) is 0 Å². The molecule has 1 saturated carbocycles. The summed E-state index contributed by atoms with van der Waals surface area (Å²) >= 11 is 0. The van der Waals surface area contributed by atoms with Gasteiger partial charge in [-0.3, -0.25) is 9.67 Å². The number of hydrogen-bond donors (Lipinski definition) is 1. The Morgan fingerprint density at radius 1 is 1.11 bits per heavy atom. The average Bonchev–Trinajstić information content (AvgIpc) is 3.17. The van der Waals surface area contributed by atoms with Gasteiger partial charge < -0.3 is 9.84 Å². The van der Waals surface area contributed by atoms with Gasteiger partial charge in [0.1, 0.15) is 0 Å². The maximum atomic E-state index is 9.18. The van der Waals surface area contributed by atoms with Crippen molar-refractivity contribution in [1.82, 2.24) is 19.7 Å². The van der Waals surface area contributed by atoms with Crippen LogP contribution in [0.1, 0.15) is 43.2 Å². The zero-order valence-corrected chi connectivity index (χ0v) is 15.3. The summed E-state index contributed by atoms with van der Waals surface area (Å²) in [4.78, 5) is 9.46. The van der Waals surface area contributed by atoms with Crippen LogP contribution < -0.4 is 0 Å². The largest absolute Gasteiger partial charge is 0.396 e. The van der Waals surface area contributed by atoms with E-state index in [1.54, 1.807) is 0 Å². The van der Waals surface area contributed by atoms with Crippen LogP contribution in [0.25, 0.3) is 22.3 Å². The normalized spacial score (nSPS) is 23.4. The molecule has 27 heavy (non-hydrogen) atoms. The summed E-state index contributed by atoms with van der Waals surface area (Å²) in [5.74, 6) is 0.987. The molecule has 0 spiro atoms. The first-order valence-corrected chi connectivity index (χ1v) is 9.80. The molecule has 2 aromatic heterocycles. The number of nitrogens with zero attached hydrogens (tertiary/aromatic N) is 4. The number of aromatic nitrogens is 4. The fourth-order valence-electron chi connectivity index (χ4n) is 4.19. The van der Waals surface area contributed by atoms with Crippen LogP contribution >= 0.6 is 0 Å². The minimum Gasteiger partial charge on any atom is -0.396 e. The van der Waals surface area contributed by atoms with Gasteiger partial charge in [0.15, 0.2) is 0 Å². The summed E-state index contributed by atoms with van der Waals surface area (Å²) in [6.45, 7) is 1.96. The Kier molecular flexibility index (Phi) is 4.38. The second-order valence-corrected chi connectivity index (χ2v) is 7.77. The molecule has 0 radical (unpaired) electrons. The Morgan fingerprint density at radius 3 is 2.78 bits per heavy atom. The lowest BCUT2D eigenvalue weighted by Crippen LogP contribution is -2.29. The predicted molar refractivity (Wildman–Crippen MR) is 102 cm³/mol. The highest BCUT2D eigenvalue weighted by atomic mass is 16.5. The van der Waals surface area contributed by atoms with Crippen LogP contribution in [0.5, 0.6) is 0 Å². The van der Waals surface area contributed by atoms with Gasteiger partial charge in [-0.2, -0.15) is 5.10 Å². The van der Waals surface area contributed by atoms with Crippen LogP contribution in [0.15, 0.2) is 36.8 Å². The lowest BCUT2D eigenvalue weighted by Gasteiger charge is -2.33. The van der Waals surface area contributed by atoms with Crippen LogP contribution in [-0.4, -0.2) is 44.7 Å². The summed E-state index contributed by atoms with van der Waals surface area (Å²) in [7, 11) is 0. The summed E-state index contributed by atoms with van der Waals surface area (Å²) in [5, 5.41) is 13.7. The van der Waals surface area contributed by atoms with Gasteiger partial charge in [0.2, 0.25) is 0 Å². The fraction of sp³-hybridized carbons (Fsp3) is 0.476. The Balaban J connectivity index is 1.37. The molecule has 1 aliphatic heterocycles. The molecule has 0 amide bonds. The van der Waals surface area contributed by atoms with Crippen LogP contribution in [-0.2, 0) is 4.74 Å². The van der Waals surface area contributed by atoms with Crippen molar-refractivity contribution in [3.63, 3.8) is 0 Å². The van der Waals surface area contributed by atoms with Crippen molar-refractivity contribution in [2.24, 2.45) is 5.92 Å². The Hall–Kier alpha value is -2.31. The highest BCUT2D eigenvalue weighted by Crippen LogP contribution is 2.37. The molecule has 6 nitrogen and oxygen atoms in total. The Labute approximate surface area is 158 Å². The second kappa shape index (κ2) is 7.02. The summed E-state index contributed by atoms with van der Waals surface area (Å²) in [6.07, 6.45) is 9.90. The van der Waals surface area contributed by atoms with Crippen molar-refractivity contribution in [3.05, 3.63) is 42.4 Å². The third-order valence-corrected chi connectivity index (χ3v) is 6.00. The number of benzene rings is 1. The van der Waals surface area contributed by atoms with E-state index in [0.717, 1.165) is 61.2 Å². The van der Waals surface area contributed by atoms with Gasteiger partial charge in [-0.15, -0.1) is 0 Å². The predicted octanol–water partition coefficient (Wildman–Crippen LogP) is 3.33. The van der Waals surface area contributed by atoms with Crippen molar-refractivity contribution in [2.75, 3.05) is 19.8 Å². The topological polar surface area (TPSA) is 73.1 Å². The highest BCUT2D eigenvalue weighted by molar-refractivity contribution is 5.77. The van der Waals surface area contributed by atoms with E-state index < -0.39 is 0 Å². The molecule has 3 heterocycles. The van der Waals surface area contributed by atoms with E-state index in [-0.39, 0.29) is 6.61 Å². The molecule has 1 aromatic carbocycles. The second-order valence-electron chi connectivity index (χ2n) is 7.77. The monoisotopic (exact) mass is 364 g/mol. The molecule has 0 atom stereocenters. The van der Waals surface area contributed by atoms with Gasteiger partial charge in [-0.1, -0.05) is 6.07 Å². The van der Waals surface area contributed by atoms with Crippen molar-refractivity contribution in [2.45, 2.75) is 37.6 Å². The first kappa shape index (κ1) is 16.8. The Morgan fingerprint density at radius 2 is 1.96 bits per heavy atom. The fourth-order valence-corrected chi connectivity index (χ4v) is 4.19. The third kappa shape index (κ3) is 3.24. The van der Waals surface area contributed by atoms with Crippen molar-refractivity contribution in [3.8, 4) is 11.3 Å². The van der Waals surface area contributed by atoms with E-state index in [0.29, 0.717) is 17.9 Å². The zero-order valence-electron chi connectivity index (χ0n) is 15.3. The molecule has 1 saturated heterocycles. The first-order chi connectivity index (χ1) is 13.3. The molecule has 2 aliphatic rings. The maximum absolute atomic E-state index is 9.18. The summed E-state index contributed by atoms with van der Waals surface area (Å²) < 4.78 is 7.47. The number of hydrogen-bond acceptors (Lipinski definition) is 5. The molecule has 2 fully saturated rings. The lowest BCUT2D eigenvalue weighted by atomic mass is 9.81. The van der Waals surface area contributed by atoms with E-state index >= 15 is 0 Å². The summed E-state index contributed by atoms with van der Waals surface area (Å²) in [5.41, 5.74) is 5.04. The van der Waals surface area contributed by atoms with Crippen molar-refractivity contribution < 1.29 is 9.84 Å². The zero-order chi connectivity index (χ0) is 18.2. The van der Waals surface area contributed by atoms with Crippen molar-refractivity contribution in [1.29, 1.82) is 0 Å². The standard InChI is InChI=1S/C21H24N4O2/c26-13-14-7-18(8-14)25-12-17(10-23-25)21-11-22-20-9-16(1-2-19(20)24-21)15-3-5-27-6-4-15/h1-2,9-12,14-15,18,26H,3-8,13H2. The van der Waals surface area contributed by atoms with Gasteiger partial charge in [0, 0.05) is 31.6 Å². The molecule has 1 N–H and O–H groups in total. The van der Waals surface area contributed by atoms with Crippen LogP contribution in [0.2, 0.25) is 0 Å². The molecule has 0 unspecified atom stereocenters. The molecule has 140 valence electrons. The molecule has 1 aliphatic carbocycles. The third-order valence-electron chi connectivity index (χ3n) is 6.00. The summed E-state index contributed by atoms with van der Waals surface area (Å²) in [6, 6.07) is 6.84. The lowest BCUT2D eigenvalue weighted by molar-refractivity contribution is 0.0853. The van der Waals surface area contributed by atoms with Crippen LogP contribution in [0.3, 0.4) is 0 Å². The van der Waals surface area contributed by atoms with Gasteiger partial charge in [-0.25, -0.2) is 4.98 Å². The van der Waals surface area contributed by atoms with Crippen LogP contribution in [0, 0.1) is 5.92 Å². The minimum atomic E-state index is 0.274. The highest BCUT2D eigenvalue weighted by Gasteiger charge is 2.30. The molecular formula is C21H24N4O2. The first-order valence-electron chi connectivity index (χ1n) is 9.80. The number of aliphatic hydroxyl groups excluding tert-OH is 1. The number of rotatable bonds is 4. The smallest absolute Gasteiger partial charge is 0.0924 e. The van der Waals surface area contributed by atoms with E-state index in [2.05, 4.69) is 28.3 Å². The van der Waals surface area contributed by atoms with Crippen LogP contribution in [0.4, 0.5) is 0 Å². The number of aliphatic hydroxyl groups is 1. The van der Waals surface area contributed by atoms with E-state index in [9.17, 15) is 5.11 Å². The van der Waals surface area contributed by atoms with E-state index in [4.69, 9.17) is 9.72 Å². The molecule has 3 aromatic rings. The maximum Gasteiger partial charge on any atom is 0.0924 e. The van der Waals surface area contributed by atoms with E-state index in [1.807, 2.05) is 23.3 Å². The Bertz CT molecular complexity index is 942. The number of fused-ring (bicyclic) bond motifs is 1. The van der Waals surface area contributed by atoms with E-state index in [1.165, 1.54) is 5.56 Å². The quantitative estimate of drug-likeness (QED) is 0.769. The number of ether oxygens (including phenoxy) is 1. The SMILES string of the molecule is OCC1CC(n2cc(-c3cnc4cc(C5CCOCC5)ccc4n3)cn2)C1.